The zero-order valence-corrected chi connectivity index (χ0v) is 3.19. The molecule has 1 rings (SSSR count). The summed E-state index contributed by atoms with van der Waals surface area (Å²) in [5.41, 5.74) is 4.99. The molecule has 0 aromatic heterocycles. The number of ether oxygens (including phenoxy) is 1. The van der Waals surface area contributed by atoms with Gasteiger partial charge in [-0.1, -0.05) is 0 Å². The maximum Gasteiger partial charge on any atom is 0.137 e. The third-order valence-electron chi connectivity index (χ3n) is 0.600. The second-order valence-corrected chi connectivity index (χ2v) is 1.60. The highest BCUT2D eigenvalue weighted by molar-refractivity contribution is 4.77. The third kappa shape index (κ3) is 0.597. The molecule has 1 aliphatic rings. The molecule has 0 spiro atoms. The number of hydrogen-bond donors (Lipinski definition) is 1. The van der Waals surface area contributed by atoms with Gasteiger partial charge >= 0.3 is 0 Å². The van der Waals surface area contributed by atoms with Crippen molar-refractivity contribution in [3.63, 3.8) is 0 Å². The van der Waals surface area contributed by atoms with Gasteiger partial charge in [-0.25, -0.2) is 0 Å². The fourth-order valence-electron chi connectivity index (χ4n) is 0.114. The molecular weight excluding hydrogens is 66.0 g/mol. The average Bonchev–Trinajstić information content (AvgIpc) is 1.76. The molecule has 0 bridgehead atoms. The largest absolute Gasteiger partial charge is 0.354 e. The molecule has 5 heavy (non-hydrogen) atoms. The Kier molecular flexibility index (Phi) is 0.333. The van der Waals surface area contributed by atoms with Crippen LogP contribution in [0.2, 0.25) is 0 Å². The van der Waals surface area contributed by atoms with Crippen molar-refractivity contribution in [2.24, 2.45) is 5.73 Å². The maximum atomic E-state index is 5.24. The van der Waals surface area contributed by atoms with Crippen molar-refractivity contribution in [1.29, 1.82) is 0 Å². The highest BCUT2D eigenvalue weighted by Gasteiger charge is 2.33. The summed E-state index contributed by atoms with van der Waals surface area (Å²) in [5.74, 6) is 0. The van der Waals surface area contributed by atoms with Gasteiger partial charge in [0.15, 0.2) is 0 Å². The first-order valence-corrected chi connectivity index (χ1v) is 1.64. The molecule has 1 atom stereocenters. The SMILES string of the molecule is C[C@@]1(N)CO1. The van der Waals surface area contributed by atoms with Crippen LogP contribution < -0.4 is 5.73 Å². The van der Waals surface area contributed by atoms with Crippen LogP contribution in [0.25, 0.3) is 0 Å². The quantitative estimate of drug-likeness (QED) is 0.399. The van der Waals surface area contributed by atoms with Crippen molar-refractivity contribution in [3.05, 3.63) is 0 Å². The van der Waals surface area contributed by atoms with Gasteiger partial charge in [0.2, 0.25) is 0 Å². The van der Waals surface area contributed by atoms with E-state index in [1.807, 2.05) is 6.92 Å². The Labute approximate surface area is 30.9 Å². The Bertz CT molecular complexity index is 44.9. The van der Waals surface area contributed by atoms with E-state index < -0.39 is 0 Å². The molecule has 0 amide bonds. The van der Waals surface area contributed by atoms with E-state index in [1.165, 1.54) is 0 Å². The lowest BCUT2D eigenvalue weighted by molar-refractivity contribution is 0.331. The molecule has 1 aliphatic heterocycles. The van der Waals surface area contributed by atoms with Gasteiger partial charge in [0, 0.05) is 0 Å². The van der Waals surface area contributed by atoms with E-state index in [0.29, 0.717) is 0 Å². The lowest BCUT2D eigenvalue weighted by atomic mass is 10.4. The van der Waals surface area contributed by atoms with Gasteiger partial charge in [-0.05, 0) is 6.92 Å². The molecule has 0 aromatic carbocycles. The van der Waals surface area contributed by atoms with Crippen LogP contribution in [0.3, 0.4) is 0 Å². The fourth-order valence-corrected chi connectivity index (χ4v) is 0.114. The molecule has 0 aromatic rings. The minimum absolute atomic E-state index is 0.250. The Balaban J connectivity index is 2.38. The Morgan fingerprint density at radius 1 is 2.00 bits per heavy atom. The normalized spacial score (nSPS) is 49.2. The molecule has 0 unspecified atom stereocenters. The van der Waals surface area contributed by atoms with E-state index in [-0.39, 0.29) is 5.72 Å². The summed E-state index contributed by atoms with van der Waals surface area (Å²) in [6.45, 7) is 2.58. The van der Waals surface area contributed by atoms with Crippen LogP contribution in [0.4, 0.5) is 0 Å². The average molecular weight is 73.1 g/mol. The van der Waals surface area contributed by atoms with E-state index in [1.54, 1.807) is 0 Å². The van der Waals surface area contributed by atoms with E-state index in [0.717, 1.165) is 6.61 Å². The number of rotatable bonds is 0. The van der Waals surface area contributed by atoms with Crippen molar-refractivity contribution in [2.75, 3.05) is 6.61 Å². The molecule has 0 radical (unpaired) electrons. The van der Waals surface area contributed by atoms with Crippen LogP contribution in [0.15, 0.2) is 0 Å². The van der Waals surface area contributed by atoms with Gasteiger partial charge in [-0.15, -0.1) is 0 Å². The van der Waals surface area contributed by atoms with E-state index >= 15 is 0 Å². The molecule has 30 valence electrons. The maximum absolute atomic E-state index is 5.24. The smallest absolute Gasteiger partial charge is 0.137 e. The van der Waals surface area contributed by atoms with Gasteiger partial charge in [0.25, 0.3) is 0 Å². The van der Waals surface area contributed by atoms with Crippen molar-refractivity contribution in [2.45, 2.75) is 12.6 Å². The summed E-state index contributed by atoms with van der Waals surface area (Å²) < 4.78 is 4.67. The molecule has 2 heteroatoms. The molecule has 2 N–H and O–H groups in total. The minimum Gasteiger partial charge on any atom is -0.354 e. The lowest BCUT2D eigenvalue weighted by Crippen LogP contribution is -2.17. The zero-order chi connectivity index (χ0) is 3.91. The topological polar surface area (TPSA) is 38.5 Å². The van der Waals surface area contributed by atoms with Gasteiger partial charge in [-0.2, -0.15) is 0 Å². The summed E-state index contributed by atoms with van der Waals surface area (Å²) in [4.78, 5) is 0. The zero-order valence-electron chi connectivity index (χ0n) is 3.19. The molecular formula is C3H7NO. The van der Waals surface area contributed by atoms with Crippen molar-refractivity contribution in [1.82, 2.24) is 0 Å². The standard InChI is InChI=1S/C3H7NO/c1-3(4)2-5-3/h2,4H2,1H3/t3-/m0/s1. The van der Waals surface area contributed by atoms with Crippen molar-refractivity contribution >= 4 is 0 Å². The summed E-state index contributed by atoms with van der Waals surface area (Å²) in [5, 5.41) is 0. The van der Waals surface area contributed by atoms with Crippen molar-refractivity contribution in [3.8, 4) is 0 Å². The second kappa shape index (κ2) is 0.533. The third-order valence-corrected chi connectivity index (χ3v) is 0.600. The summed E-state index contributed by atoms with van der Waals surface area (Å²) in [6, 6.07) is 0. The molecule has 0 saturated carbocycles. The Hall–Kier alpha value is -0.0800. The minimum atomic E-state index is -0.250. The molecule has 2 nitrogen and oxygen atoms in total. The highest BCUT2D eigenvalue weighted by Crippen LogP contribution is 2.16. The number of nitrogens with two attached hydrogens (primary N) is 1. The van der Waals surface area contributed by atoms with Crippen LogP contribution in [0.1, 0.15) is 6.92 Å². The highest BCUT2D eigenvalue weighted by atomic mass is 16.6. The van der Waals surface area contributed by atoms with E-state index in [9.17, 15) is 0 Å². The summed E-state index contributed by atoms with van der Waals surface area (Å²) in [6.07, 6.45) is 0. The Morgan fingerprint density at radius 3 is 2.20 bits per heavy atom. The fraction of sp³-hybridized carbons (Fsp3) is 1.00. The van der Waals surface area contributed by atoms with Crippen molar-refractivity contribution < 1.29 is 4.74 Å². The van der Waals surface area contributed by atoms with Gasteiger partial charge < -0.3 is 10.5 Å². The Morgan fingerprint density at radius 2 is 2.20 bits per heavy atom. The first-order chi connectivity index (χ1) is 2.21. The first kappa shape index (κ1) is 3.12. The first-order valence-electron chi connectivity index (χ1n) is 1.64. The van der Waals surface area contributed by atoms with Gasteiger partial charge in [-0.3, -0.25) is 0 Å². The monoisotopic (exact) mass is 73.1 g/mol. The predicted molar refractivity (Wildman–Crippen MR) is 18.5 cm³/mol. The van der Waals surface area contributed by atoms with Crippen LogP contribution in [0.5, 0.6) is 0 Å². The summed E-state index contributed by atoms with van der Waals surface area (Å²) >= 11 is 0. The molecule has 0 aliphatic carbocycles. The summed E-state index contributed by atoms with van der Waals surface area (Å²) in [7, 11) is 0. The van der Waals surface area contributed by atoms with Gasteiger partial charge in [0.05, 0.1) is 6.61 Å². The van der Waals surface area contributed by atoms with Crippen LogP contribution >= 0.6 is 0 Å². The van der Waals surface area contributed by atoms with Gasteiger partial charge in [0.1, 0.15) is 5.72 Å². The van der Waals surface area contributed by atoms with Crippen LogP contribution in [0, 0.1) is 0 Å². The van der Waals surface area contributed by atoms with Crippen LogP contribution in [-0.4, -0.2) is 12.3 Å². The molecule has 1 saturated heterocycles. The lowest BCUT2D eigenvalue weighted by Gasteiger charge is -1.83. The van der Waals surface area contributed by atoms with E-state index in [4.69, 9.17) is 5.73 Å². The second-order valence-electron chi connectivity index (χ2n) is 1.60. The van der Waals surface area contributed by atoms with Crippen LogP contribution in [-0.2, 0) is 4.74 Å². The molecule has 1 heterocycles. The predicted octanol–water partition coefficient (Wildman–Crippen LogP) is -0.308. The number of epoxide rings is 1. The number of hydrogen-bond acceptors (Lipinski definition) is 2. The van der Waals surface area contributed by atoms with E-state index in [2.05, 4.69) is 4.74 Å². The molecule has 1 fully saturated rings.